The Morgan fingerprint density at radius 1 is 1.21 bits per heavy atom. The van der Waals surface area contributed by atoms with Crippen molar-refractivity contribution in [3.8, 4) is 0 Å². The largest absolute Gasteiger partial charge is 0.460 e. The lowest BCUT2D eigenvalue weighted by Gasteiger charge is -2.35. The Kier molecular flexibility index (Phi) is 6.45. The molecule has 0 unspecified atom stereocenters. The van der Waals surface area contributed by atoms with Crippen molar-refractivity contribution < 1.29 is 19.1 Å². The van der Waals surface area contributed by atoms with Gasteiger partial charge in [0.25, 0.3) is 5.91 Å². The molecule has 0 N–H and O–H groups in total. The predicted molar refractivity (Wildman–Crippen MR) is 72.5 cm³/mol. The van der Waals surface area contributed by atoms with Gasteiger partial charge in [0.2, 0.25) is 5.78 Å². The quantitative estimate of drug-likeness (QED) is 0.418. The minimum atomic E-state index is -0.540. The second-order valence-corrected chi connectivity index (χ2v) is 5.32. The van der Waals surface area contributed by atoms with Crippen LogP contribution in [0, 0.1) is 0 Å². The molecule has 5 heteroatoms. The van der Waals surface area contributed by atoms with E-state index in [1.807, 2.05) is 20.8 Å². The molecule has 0 saturated carbocycles. The molecule has 0 aromatic carbocycles. The van der Waals surface area contributed by atoms with Crippen molar-refractivity contribution in [1.82, 2.24) is 4.90 Å². The molecule has 0 radical (unpaired) electrons. The van der Waals surface area contributed by atoms with Crippen LogP contribution in [0.3, 0.4) is 0 Å². The fourth-order valence-corrected chi connectivity index (χ4v) is 1.40. The van der Waals surface area contributed by atoms with Crippen molar-refractivity contribution in [2.45, 2.75) is 46.6 Å². The predicted octanol–water partition coefficient (Wildman–Crippen LogP) is 1.71. The number of nitrogens with zero attached hydrogens (tertiary/aromatic N) is 1. The average molecular weight is 269 g/mol. The minimum Gasteiger partial charge on any atom is -0.460 e. The first-order valence-electron chi connectivity index (χ1n) is 6.28. The number of esters is 1. The average Bonchev–Trinajstić information content (AvgIpc) is 2.30. The fraction of sp³-hybridized carbons (Fsp3) is 0.643. The number of hydrogen-bond acceptors (Lipinski definition) is 4. The van der Waals surface area contributed by atoms with E-state index in [2.05, 4.69) is 6.58 Å². The van der Waals surface area contributed by atoms with Crippen LogP contribution in [0.15, 0.2) is 12.2 Å². The number of hydrogen-bond donors (Lipinski definition) is 0. The van der Waals surface area contributed by atoms with E-state index in [1.165, 1.54) is 4.90 Å². The van der Waals surface area contributed by atoms with Crippen molar-refractivity contribution in [3.05, 3.63) is 12.2 Å². The van der Waals surface area contributed by atoms with Crippen LogP contribution in [-0.4, -0.2) is 41.3 Å². The summed E-state index contributed by atoms with van der Waals surface area (Å²) >= 11 is 0. The van der Waals surface area contributed by atoms with E-state index in [0.29, 0.717) is 5.57 Å². The summed E-state index contributed by atoms with van der Waals surface area (Å²) in [7, 11) is 0. The molecule has 0 atom stereocenters. The fourth-order valence-electron chi connectivity index (χ4n) is 1.40. The molecule has 0 fully saturated rings. The first kappa shape index (κ1) is 17.4. The SMILES string of the molecule is C=C(C)C(=O)OCCN(C(=O)C(=O)CC)C(C)(C)C. The molecule has 5 nitrogen and oxygen atoms in total. The molecule has 0 rings (SSSR count). The molecule has 0 aromatic heterocycles. The smallest absolute Gasteiger partial charge is 0.333 e. The Morgan fingerprint density at radius 3 is 2.11 bits per heavy atom. The van der Waals surface area contributed by atoms with E-state index >= 15 is 0 Å². The summed E-state index contributed by atoms with van der Waals surface area (Å²) in [5, 5.41) is 0. The topological polar surface area (TPSA) is 63.7 Å². The van der Waals surface area contributed by atoms with Crippen LogP contribution >= 0.6 is 0 Å². The van der Waals surface area contributed by atoms with Crippen molar-refractivity contribution in [2.24, 2.45) is 0 Å². The van der Waals surface area contributed by atoms with E-state index in [4.69, 9.17) is 4.74 Å². The van der Waals surface area contributed by atoms with Gasteiger partial charge in [-0.2, -0.15) is 0 Å². The van der Waals surface area contributed by atoms with Crippen LogP contribution in [0.2, 0.25) is 0 Å². The van der Waals surface area contributed by atoms with Crippen LogP contribution in [0.25, 0.3) is 0 Å². The second-order valence-electron chi connectivity index (χ2n) is 5.32. The summed E-state index contributed by atoms with van der Waals surface area (Å²) in [5.74, 6) is -1.48. The Balaban J connectivity index is 4.64. The van der Waals surface area contributed by atoms with Gasteiger partial charge in [0.05, 0.1) is 6.54 Å². The third-order valence-electron chi connectivity index (χ3n) is 2.51. The highest BCUT2D eigenvalue weighted by Crippen LogP contribution is 2.14. The Morgan fingerprint density at radius 2 is 1.74 bits per heavy atom. The van der Waals surface area contributed by atoms with Crippen LogP contribution in [0.4, 0.5) is 0 Å². The highest BCUT2D eigenvalue weighted by molar-refractivity contribution is 6.36. The van der Waals surface area contributed by atoms with Gasteiger partial charge in [0.1, 0.15) is 6.61 Å². The Labute approximate surface area is 114 Å². The second kappa shape index (κ2) is 7.07. The molecular formula is C14H23NO4. The minimum absolute atomic E-state index is 0.0473. The monoisotopic (exact) mass is 269 g/mol. The summed E-state index contributed by atoms with van der Waals surface area (Å²) in [6.07, 6.45) is 0.164. The van der Waals surface area contributed by atoms with Crippen LogP contribution in [0.5, 0.6) is 0 Å². The zero-order valence-corrected chi connectivity index (χ0v) is 12.4. The van der Waals surface area contributed by atoms with Gasteiger partial charge < -0.3 is 9.64 Å². The summed E-state index contributed by atoms with van der Waals surface area (Å²) in [5.41, 5.74) is -0.198. The molecule has 108 valence electrons. The molecule has 0 aliphatic heterocycles. The number of carbonyl (C=O) groups is 3. The summed E-state index contributed by atoms with van der Waals surface area (Å²) in [4.78, 5) is 36.1. The zero-order valence-electron chi connectivity index (χ0n) is 12.4. The van der Waals surface area contributed by atoms with E-state index in [9.17, 15) is 14.4 Å². The lowest BCUT2D eigenvalue weighted by molar-refractivity contribution is -0.150. The molecule has 19 heavy (non-hydrogen) atoms. The van der Waals surface area contributed by atoms with Crippen LogP contribution < -0.4 is 0 Å². The van der Waals surface area contributed by atoms with Gasteiger partial charge in [-0.3, -0.25) is 9.59 Å². The highest BCUT2D eigenvalue weighted by Gasteiger charge is 2.29. The van der Waals surface area contributed by atoms with Gasteiger partial charge >= 0.3 is 5.97 Å². The molecule has 1 amide bonds. The number of rotatable bonds is 6. The first-order chi connectivity index (χ1) is 8.61. The molecule has 0 aliphatic rings. The number of ether oxygens (including phenoxy) is 1. The normalized spacial score (nSPS) is 10.8. The maximum atomic E-state index is 11.9. The molecule has 0 spiro atoms. The Bertz CT molecular complexity index is 379. The van der Waals surface area contributed by atoms with Gasteiger partial charge in [-0.05, 0) is 27.7 Å². The molecule has 0 bridgehead atoms. The molecule has 0 heterocycles. The van der Waals surface area contributed by atoms with Crippen LogP contribution in [0.1, 0.15) is 41.0 Å². The van der Waals surface area contributed by atoms with E-state index < -0.39 is 23.2 Å². The third kappa shape index (κ3) is 5.68. The highest BCUT2D eigenvalue weighted by atomic mass is 16.5. The summed E-state index contributed by atoms with van der Waals surface area (Å²) in [6.45, 7) is 12.4. The van der Waals surface area contributed by atoms with Gasteiger partial charge in [0, 0.05) is 17.5 Å². The number of ketones is 1. The molecule has 0 saturated heterocycles. The van der Waals surface area contributed by atoms with Gasteiger partial charge in [-0.15, -0.1) is 0 Å². The third-order valence-corrected chi connectivity index (χ3v) is 2.51. The lowest BCUT2D eigenvalue weighted by Crippen LogP contribution is -2.50. The molecule has 0 aromatic rings. The number of Topliss-reactive ketones (excluding diaryl/α,β-unsaturated/α-hetero) is 1. The Hall–Kier alpha value is -1.65. The standard InChI is InChI=1S/C14H23NO4/c1-7-11(16)12(17)15(14(4,5)6)8-9-19-13(18)10(2)3/h2,7-9H2,1,3-6H3. The summed E-state index contributed by atoms with van der Waals surface area (Å²) in [6, 6.07) is 0. The van der Waals surface area contributed by atoms with Gasteiger partial charge in [-0.1, -0.05) is 13.5 Å². The maximum Gasteiger partial charge on any atom is 0.333 e. The van der Waals surface area contributed by atoms with Gasteiger partial charge in [-0.25, -0.2) is 4.79 Å². The first-order valence-corrected chi connectivity index (χ1v) is 6.28. The maximum absolute atomic E-state index is 11.9. The van der Waals surface area contributed by atoms with E-state index in [-0.39, 0.29) is 19.6 Å². The van der Waals surface area contributed by atoms with E-state index in [0.717, 1.165) is 0 Å². The van der Waals surface area contributed by atoms with E-state index in [1.54, 1.807) is 13.8 Å². The zero-order chi connectivity index (χ0) is 15.2. The van der Waals surface area contributed by atoms with Crippen molar-refractivity contribution in [1.29, 1.82) is 0 Å². The van der Waals surface area contributed by atoms with Crippen molar-refractivity contribution in [3.63, 3.8) is 0 Å². The molecule has 0 aliphatic carbocycles. The van der Waals surface area contributed by atoms with Gasteiger partial charge in [0.15, 0.2) is 0 Å². The number of amides is 1. The summed E-state index contributed by atoms with van der Waals surface area (Å²) < 4.78 is 4.95. The lowest BCUT2D eigenvalue weighted by atomic mass is 10.0. The van der Waals surface area contributed by atoms with Crippen molar-refractivity contribution in [2.75, 3.05) is 13.2 Å². The molecular weight excluding hydrogens is 246 g/mol. The number of carbonyl (C=O) groups excluding carboxylic acids is 3. The van der Waals surface area contributed by atoms with Crippen molar-refractivity contribution >= 4 is 17.7 Å². The van der Waals surface area contributed by atoms with Crippen LogP contribution in [-0.2, 0) is 19.1 Å².